The maximum Gasteiger partial charge on any atom is 0.336 e. The second-order valence-electron chi connectivity index (χ2n) is 4.27. The van der Waals surface area contributed by atoms with Crippen molar-refractivity contribution >= 4 is 11.7 Å². The number of ether oxygens (including phenoxy) is 1. The van der Waals surface area contributed by atoms with Gasteiger partial charge in [-0.2, -0.15) is 0 Å². The SMILES string of the molecule is Nc1ccccc1OC(c1ccccc1)C(O)C(=O)O. The van der Waals surface area contributed by atoms with Crippen LogP contribution in [0.15, 0.2) is 54.6 Å². The van der Waals surface area contributed by atoms with Gasteiger partial charge in [0.1, 0.15) is 5.75 Å². The first-order valence-corrected chi connectivity index (χ1v) is 6.06. The predicted octanol–water partition coefficient (Wildman–Crippen LogP) is 1.83. The Morgan fingerprint density at radius 2 is 1.65 bits per heavy atom. The number of aliphatic carboxylic acids is 1. The lowest BCUT2D eigenvalue weighted by Gasteiger charge is -2.22. The van der Waals surface area contributed by atoms with E-state index < -0.39 is 18.2 Å². The Kier molecular flexibility index (Phi) is 4.22. The summed E-state index contributed by atoms with van der Waals surface area (Å²) in [6, 6.07) is 15.4. The summed E-state index contributed by atoms with van der Waals surface area (Å²) >= 11 is 0. The van der Waals surface area contributed by atoms with Gasteiger partial charge in [0.15, 0.2) is 12.2 Å². The van der Waals surface area contributed by atoms with Crippen molar-refractivity contribution in [3.63, 3.8) is 0 Å². The average Bonchev–Trinajstić information content (AvgIpc) is 2.46. The van der Waals surface area contributed by atoms with Crippen LogP contribution in [0.5, 0.6) is 5.75 Å². The van der Waals surface area contributed by atoms with Crippen LogP contribution in [0.1, 0.15) is 11.7 Å². The fourth-order valence-electron chi connectivity index (χ4n) is 1.81. The Morgan fingerprint density at radius 1 is 1.05 bits per heavy atom. The zero-order valence-corrected chi connectivity index (χ0v) is 10.6. The Labute approximate surface area is 116 Å². The fraction of sp³-hybridized carbons (Fsp3) is 0.133. The topological polar surface area (TPSA) is 92.8 Å². The van der Waals surface area contributed by atoms with Gasteiger partial charge in [-0.15, -0.1) is 0 Å². The highest BCUT2D eigenvalue weighted by molar-refractivity contribution is 5.73. The highest BCUT2D eigenvalue weighted by atomic mass is 16.5. The Morgan fingerprint density at radius 3 is 2.25 bits per heavy atom. The van der Waals surface area contributed by atoms with Gasteiger partial charge in [-0.25, -0.2) is 4.79 Å². The van der Waals surface area contributed by atoms with Crippen LogP contribution in [0.2, 0.25) is 0 Å². The molecule has 0 saturated carbocycles. The molecule has 0 amide bonds. The molecule has 0 fully saturated rings. The van der Waals surface area contributed by atoms with Crippen LogP contribution < -0.4 is 10.5 Å². The van der Waals surface area contributed by atoms with Gasteiger partial charge in [0.2, 0.25) is 0 Å². The monoisotopic (exact) mass is 273 g/mol. The molecule has 0 aliphatic heterocycles. The van der Waals surface area contributed by atoms with E-state index in [0.29, 0.717) is 17.0 Å². The minimum Gasteiger partial charge on any atom is -0.480 e. The van der Waals surface area contributed by atoms with E-state index in [1.54, 1.807) is 54.6 Å². The molecule has 0 aliphatic carbocycles. The van der Waals surface area contributed by atoms with E-state index in [1.165, 1.54) is 0 Å². The third kappa shape index (κ3) is 3.07. The maximum absolute atomic E-state index is 11.0. The number of nitrogen functional groups attached to an aromatic ring is 1. The molecule has 2 atom stereocenters. The van der Waals surface area contributed by atoms with Gasteiger partial charge < -0.3 is 20.7 Å². The first-order valence-electron chi connectivity index (χ1n) is 6.06. The van der Waals surface area contributed by atoms with Gasteiger partial charge in [-0.3, -0.25) is 0 Å². The number of carboxylic acid groups (broad SMARTS) is 1. The molecule has 5 heteroatoms. The smallest absolute Gasteiger partial charge is 0.336 e. The lowest BCUT2D eigenvalue weighted by molar-refractivity contribution is -0.152. The van der Waals surface area contributed by atoms with E-state index in [-0.39, 0.29) is 0 Å². The average molecular weight is 273 g/mol. The highest BCUT2D eigenvalue weighted by Crippen LogP contribution is 2.29. The van der Waals surface area contributed by atoms with E-state index in [0.717, 1.165) is 0 Å². The summed E-state index contributed by atoms with van der Waals surface area (Å²) in [6.45, 7) is 0. The van der Waals surface area contributed by atoms with Crippen molar-refractivity contribution in [2.24, 2.45) is 0 Å². The molecular formula is C15H15NO4. The molecule has 2 rings (SSSR count). The molecule has 2 unspecified atom stereocenters. The zero-order chi connectivity index (χ0) is 14.5. The minimum atomic E-state index is -1.68. The molecule has 0 saturated heterocycles. The minimum absolute atomic E-state index is 0.335. The quantitative estimate of drug-likeness (QED) is 0.723. The van der Waals surface area contributed by atoms with Crippen LogP contribution in [0, 0.1) is 0 Å². The number of benzene rings is 2. The molecule has 2 aromatic carbocycles. The molecule has 0 heterocycles. The molecule has 20 heavy (non-hydrogen) atoms. The third-order valence-electron chi connectivity index (χ3n) is 2.84. The second kappa shape index (κ2) is 6.08. The number of carbonyl (C=O) groups is 1. The van der Waals surface area contributed by atoms with E-state index in [4.69, 9.17) is 15.6 Å². The Hall–Kier alpha value is -2.53. The molecular weight excluding hydrogens is 258 g/mol. The van der Waals surface area contributed by atoms with Crippen molar-refractivity contribution in [1.82, 2.24) is 0 Å². The number of carboxylic acids is 1. The summed E-state index contributed by atoms with van der Waals surface area (Å²) in [5, 5.41) is 18.8. The first kappa shape index (κ1) is 13.9. The summed E-state index contributed by atoms with van der Waals surface area (Å²) in [7, 11) is 0. The summed E-state index contributed by atoms with van der Waals surface area (Å²) in [6.07, 6.45) is -2.71. The van der Waals surface area contributed by atoms with Crippen molar-refractivity contribution in [2.75, 3.05) is 5.73 Å². The summed E-state index contributed by atoms with van der Waals surface area (Å²) < 4.78 is 5.60. The fourth-order valence-corrected chi connectivity index (χ4v) is 1.81. The van der Waals surface area contributed by atoms with Gasteiger partial charge in [-0.05, 0) is 17.7 Å². The first-order chi connectivity index (χ1) is 9.59. The van der Waals surface area contributed by atoms with E-state index in [2.05, 4.69) is 0 Å². The maximum atomic E-state index is 11.0. The van der Waals surface area contributed by atoms with Crippen LogP contribution in [-0.2, 0) is 4.79 Å². The van der Waals surface area contributed by atoms with Crippen LogP contribution in [0.25, 0.3) is 0 Å². The molecule has 0 spiro atoms. The Bertz CT molecular complexity index is 585. The molecule has 0 bridgehead atoms. The number of nitrogens with two attached hydrogens (primary N) is 1. The van der Waals surface area contributed by atoms with Gasteiger partial charge in [0.05, 0.1) is 5.69 Å². The second-order valence-corrected chi connectivity index (χ2v) is 4.27. The van der Waals surface area contributed by atoms with Crippen LogP contribution >= 0.6 is 0 Å². The van der Waals surface area contributed by atoms with Crippen molar-refractivity contribution in [1.29, 1.82) is 0 Å². The molecule has 2 aromatic rings. The zero-order valence-electron chi connectivity index (χ0n) is 10.6. The third-order valence-corrected chi connectivity index (χ3v) is 2.84. The van der Waals surface area contributed by atoms with E-state index in [9.17, 15) is 9.90 Å². The molecule has 104 valence electrons. The summed E-state index contributed by atoms with van der Waals surface area (Å²) in [5.41, 5.74) is 6.71. The number of para-hydroxylation sites is 2. The van der Waals surface area contributed by atoms with Crippen LogP contribution in [-0.4, -0.2) is 22.3 Å². The summed E-state index contributed by atoms with van der Waals surface area (Å²) in [5.74, 6) is -1.02. The summed E-state index contributed by atoms with van der Waals surface area (Å²) in [4.78, 5) is 11.0. The van der Waals surface area contributed by atoms with Crippen molar-refractivity contribution in [3.05, 3.63) is 60.2 Å². The lowest BCUT2D eigenvalue weighted by atomic mass is 10.0. The van der Waals surface area contributed by atoms with Crippen molar-refractivity contribution < 1.29 is 19.7 Å². The standard InChI is InChI=1S/C15H15NO4/c16-11-8-4-5-9-12(11)20-14(13(17)15(18)19)10-6-2-1-3-7-10/h1-9,13-14,17H,16H2,(H,18,19). The number of hydrogen-bond acceptors (Lipinski definition) is 4. The van der Waals surface area contributed by atoms with Gasteiger partial charge in [0.25, 0.3) is 0 Å². The van der Waals surface area contributed by atoms with E-state index >= 15 is 0 Å². The largest absolute Gasteiger partial charge is 0.480 e. The van der Waals surface area contributed by atoms with Gasteiger partial charge in [-0.1, -0.05) is 42.5 Å². The van der Waals surface area contributed by atoms with E-state index in [1.807, 2.05) is 0 Å². The molecule has 5 nitrogen and oxygen atoms in total. The lowest BCUT2D eigenvalue weighted by Crippen LogP contribution is -2.31. The molecule has 4 N–H and O–H groups in total. The molecule has 0 aliphatic rings. The van der Waals surface area contributed by atoms with Gasteiger partial charge in [0, 0.05) is 0 Å². The molecule has 0 aromatic heterocycles. The molecule has 0 radical (unpaired) electrons. The number of hydrogen-bond donors (Lipinski definition) is 3. The Balaban J connectivity index is 2.33. The van der Waals surface area contributed by atoms with Crippen molar-refractivity contribution in [2.45, 2.75) is 12.2 Å². The van der Waals surface area contributed by atoms with Crippen LogP contribution in [0.3, 0.4) is 0 Å². The number of anilines is 1. The number of rotatable bonds is 5. The van der Waals surface area contributed by atoms with Crippen LogP contribution in [0.4, 0.5) is 5.69 Å². The van der Waals surface area contributed by atoms with Gasteiger partial charge >= 0.3 is 5.97 Å². The predicted molar refractivity (Wildman–Crippen MR) is 74.3 cm³/mol. The normalized spacial score (nSPS) is 13.4. The highest BCUT2D eigenvalue weighted by Gasteiger charge is 2.29. The van der Waals surface area contributed by atoms with Crippen molar-refractivity contribution in [3.8, 4) is 5.75 Å². The number of aliphatic hydroxyl groups excluding tert-OH is 1. The number of aliphatic hydroxyl groups is 1.